The number of benzene rings is 3. The quantitative estimate of drug-likeness (QED) is 0.239. The van der Waals surface area contributed by atoms with E-state index in [2.05, 4.69) is 0 Å². The van der Waals surface area contributed by atoms with Crippen molar-refractivity contribution >= 4 is 56.5 Å². The highest BCUT2D eigenvalue weighted by atomic mass is 35.5. The Hall–Kier alpha value is -1.67. The van der Waals surface area contributed by atoms with E-state index in [1.165, 1.54) is 36.4 Å². The largest absolute Gasteiger partial charge is 0.504 e. The predicted octanol–water partition coefficient (Wildman–Crippen LogP) is 5.89. The number of phenols is 2. The van der Waals surface area contributed by atoms with Crippen LogP contribution >= 0.6 is 46.4 Å². The Kier molecular flexibility index (Phi) is 5.98. The molecule has 0 saturated carbocycles. The fraction of sp³-hybridized carbons (Fsp3) is 0.0526. The molecule has 1 unspecified atom stereocenters. The van der Waals surface area contributed by atoms with Crippen LogP contribution in [0.15, 0.2) is 54.6 Å². The highest BCUT2D eigenvalue weighted by Gasteiger charge is 2.54. The summed E-state index contributed by atoms with van der Waals surface area (Å²) in [4.78, 5) is 0. The summed E-state index contributed by atoms with van der Waals surface area (Å²) in [6.07, 6.45) is 0. The van der Waals surface area contributed by atoms with Gasteiger partial charge in [0, 0.05) is 31.8 Å². The first-order valence-corrected chi connectivity index (χ1v) is 10.9. The van der Waals surface area contributed by atoms with Crippen LogP contribution in [0.3, 0.4) is 0 Å². The molecular formula is C19H12Cl4O5S. The van der Waals surface area contributed by atoms with Crippen molar-refractivity contribution in [3.63, 3.8) is 0 Å². The van der Waals surface area contributed by atoms with Gasteiger partial charge in [-0.05, 0) is 30.3 Å². The van der Waals surface area contributed by atoms with Crippen LogP contribution in [-0.4, -0.2) is 23.2 Å². The third-order valence-electron chi connectivity index (χ3n) is 4.41. The molecule has 10 heteroatoms. The average Bonchev–Trinajstić information content (AvgIpc) is 2.63. The van der Waals surface area contributed by atoms with Gasteiger partial charge < -0.3 is 10.2 Å². The van der Waals surface area contributed by atoms with Gasteiger partial charge in [0.15, 0.2) is 16.2 Å². The van der Waals surface area contributed by atoms with E-state index in [1.807, 2.05) is 0 Å². The van der Waals surface area contributed by atoms with Crippen molar-refractivity contribution in [3.8, 4) is 11.5 Å². The Morgan fingerprint density at radius 3 is 1.76 bits per heavy atom. The molecule has 0 spiro atoms. The van der Waals surface area contributed by atoms with Crippen LogP contribution in [0.4, 0.5) is 0 Å². The summed E-state index contributed by atoms with van der Waals surface area (Å²) in [5.74, 6) is -1.56. The molecule has 1 atom stereocenters. The maximum Gasteiger partial charge on any atom is 0.283 e. The first kappa shape index (κ1) is 22.0. The predicted molar refractivity (Wildman–Crippen MR) is 114 cm³/mol. The van der Waals surface area contributed by atoms with E-state index in [-0.39, 0.29) is 31.2 Å². The molecule has 3 aromatic carbocycles. The number of halogens is 4. The number of hydrogen-bond acceptors (Lipinski definition) is 4. The summed E-state index contributed by atoms with van der Waals surface area (Å²) in [5, 5.41) is 20.0. The van der Waals surface area contributed by atoms with Gasteiger partial charge in [-0.1, -0.05) is 70.7 Å². The van der Waals surface area contributed by atoms with Crippen LogP contribution in [0.5, 0.6) is 11.5 Å². The molecule has 152 valence electrons. The first-order valence-electron chi connectivity index (χ1n) is 7.91. The summed E-state index contributed by atoms with van der Waals surface area (Å²) in [5.41, 5.74) is -1.02. The molecule has 0 amide bonds. The van der Waals surface area contributed by atoms with Crippen LogP contribution in [0, 0.1) is 0 Å². The fourth-order valence-electron chi connectivity index (χ4n) is 3.26. The zero-order valence-electron chi connectivity index (χ0n) is 14.3. The lowest BCUT2D eigenvalue weighted by Crippen LogP contribution is -2.39. The minimum atomic E-state index is -5.22. The van der Waals surface area contributed by atoms with E-state index in [9.17, 15) is 23.2 Å². The smallest absolute Gasteiger partial charge is 0.283 e. The third kappa shape index (κ3) is 3.44. The molecular weight excluding hydrogens is 482 g/mol. The van der Waals surface area contributed by atoms with Crippen LogP contribution < -0.4 is 0 Å². The monoisotopic (exact) mass is 492 g/mol. The van der Waals surface area contributed by atoms with Gasteiger partial charge in [-0.3, -0.25) is 4.55 Å². The minimum absolute atomic E-state index is 0.0834. The van der Waals surface area contributed by atoms with E-state index in [4.69, 9.17) is 46.4 Å². The van der Waals surface area contributed by atoms with E-state index < -0.39 is 31.9 Å². The van der Waals surface area contributed by atoms with Gasteiger partial charge in [0.05, 0.1) is 5.02 Å². The summed E-state index contributed by atoms with van der Waals surface area (Å²) in [6.45, 7) is 0. The molecule has 0 aliphatic heterocycles. The number of aromatic hydroxyl groups is 2. The van der Waals surface area contributed by atoms with Crippen LogP contribution in [-0.2, 0) is 14.9 Å². The molecule has 0 aliphatic carbocycles. The molecule has 0 aromatic heterocycles. The summed E-state index contributed by atoms with van der Waals surface area (Å²) < 4.78 is 34.0. The number of hydrogen-bond donors (Lipinski definition) is 3. The standard InChI is InChI=1S/C19H12Cl4O5S/c20-11-5-2-1-4-10(11)19(29(26,27)28,16-12(21)6-3-7-13(16)22)17-14(23)8-9-15(24)18(17)25/h1-9,24-25H,(H,26,27,28). The zero-order valence-corrected chi connectivity index (χ0v) is 18.1. The maximum atomic E-state index is 13.1. The summed E-state index contributed by atoms with van der Waals surface area (Å²) in [7, 11) is -5.22. The van der Waals surface area contributed by atoms with Crippen LogP contribution in [0.1, 0.15) is 16.7 Å². The van der Waals surface area contributed by atoms with Gasteiger partial charge in [0.1, 0.15) is 0 Å². The van der Waals surface area contributed by atoms with Gasteiger partial charge >= 0.3 is 0 Å². The second-order valence-electron chi connectivity index (χ2n) is 6.02. The molecule has 3 N–H and O–H groups in total. The van der Waals surface area contributed by atoms with Crippen LogP contribution in [0.2, 0.25) is 20.1 Å². The second-order valence-corrected chi connectivity index (χ2v) is 9.21. The van der Waals surface area contributed by atoms with Gasteiger partial charge in [-0.2, -0.15) is 8.42 Å². The van der Waals surface area contributed by atoms with E-state index >= 15 is 0 Å². The van der Waals surface area contributed by atoms with Gasteiger partial charge in [-0.25, -0.2) is 0 Å². The Morgan fingerprint density at radius 2 is 1.21 bits per heavy atom. The minimum Gasteiger partial charge on any atom is -0.504 e. The molecule has 0 bridgehead atoms. The summed E-state index contributed by atoms with van der Waals surface area (Å²) >= 11 is 25.2. The lowest BCUT2D eigenvalue weighted by atomic mass is 9.83. The molecule has 3 aromatic rings. The molecule has 3 rings (SSSR count). The third-order valence-corrected chi connectivity index (χ3v) is 7.09. The molecule has 0 saturated heterocycles. The van der Waals surface area contributed by atoms with Gasteiger partial charge in [0.2, 0.25) is 0 Å². The molecule has 29 heavy (non-hydrogen) atoms. The highest BCUT2D eigenvalue weighted by Crippen LogP contribution is 2.56. The van der Waals surface area contributed by atoms with Crippen LogP contribution in [0.25, 0.3) is 0 Å². The molecule has 0 heterocycles. The zero-order chi connectivity index (χ0) is 21.6. The maximum absolute atomic E-state index is 13.1. The Labute approximate surface area is 186 Å². The first-order chi connectivity index (χ1) is 13.5. The summed E-state index contributed by atoms with van der Waals surface area (Å²) in [6, 6.07) is 12.1. The van der Waals surface area contributed by atoms with Crippen molar-refractivity contribution in [1.29, 1.82) is 0 Å². The average molecular weight is 494 g/mol. The normalized spacial score (nSPS) is 13.8. The SMILES string of the molecule is O=S(=O)(O)C(c1ccccc1Cl)(c1c(Cl)cccc1Cl)c1c(Cl)ccc(O)c1O. The van der Waals surface area contributed by atoms with E-state index in [1.54, 1.807) is 6.07 Å². The van der Waals surface area contributed by atoms with Gasteiger partial charge in [-0.15, -0.1) is 0 Å². The van der Waals surface area contributed by atoms with E-state index in [0.717, 1.165) is 12.1 Å². The second kappa shape index (κ2) is 7.87. The Morgan fingerprint density at radius 1 is 0.690 bits per heavy atom. The molecule has 5 nitrogen and oxygen atoms in total. The Bertz CT molecular complexity index is 1190. The van der Waals surface area contributed by atoms with E-state index in [0.29, 0.717) is 0 Å². The molecule has 0 fully saturated rings. The number of phenolic OH excluding ortho intramolecular Hbond substituents is 2. The van der Waals surface area contributed by atoms with Crippen molar-refractivity contribution in [2.75, 3.05) is 0 Å². The van der Waals surface area contributed by atoms with Gasteiger partial charge in [0.25, 0.3) is 10.1 Å². The number of rotatable bonds is 4. The Balaban J connectivity index is 2.73. The lowest BCUT2D eigenvalue weighted by molar-refractivity contribution is 0.394. The van der Waals surface area contributed by atoms with Crippen molar-refractivity contribution in [2.45, 2.75) is 4.75 Å². The topological polar surface area (TPSA) is 94.8 Å². The lowest BCUT2D eigenvalue weighted by Gasteiger charge is -2.35. The van der Waals surface area contributed by atoms with Crippen molar-refractivity contribution < 1.29 is 23.2 Å². The molecule has 0 radical (unpaired) electrons. The molecule has 0 aliphatic rings. The van der Waals surface area contributed by atoms with Crippen molar-refractivity contribution in [1.82, 2.24) is 0 Å². The van der Waals surface area contributed by atoms with Crippen molar-refractivity contribution in [2.24, 2.45) is 0 Å². The highest BCUT2D eigenvalue weighted by molar-refractivity contribution is 7.87. The fourth-order valence-corrected chi connectivity index (χ4v) is 6.14. The van der Waals surface area contributed by atoms with Crippen molar-refractivity contribution in [3.05, 3.63) is 91.4 Å².